The molecular weight excluding hydrogens is 364 g/mol. The molecule has 0 saturated carbocycles. The van der Waals surface area contributed by atoms with Crippen molar-refractivity contribution in [2.75, 3.05) is 31.9 Å². The second-order valence-electron chi connectivity index (χ2n) is 6.76. The standard InChI is InChI=1S/C20H26N2O4S/c23-20(11-10-19-9-4-16-26-19)21-12-14-22(15-13-21)27(24,25)17-5-8-18-6-2-1-3-7-18/h1-4,6-7,9,16H,5,8,10-15,17H2. The van der Waals surface area contributed by atoms with Gasteiger partial charge in [0.1, 0.15) is 5.76 Å². The van der Waals surface area contributed by atoms with Gasteiger partial charge in [-0.3, -0.25) is 4.79 Å². The van der Waals surface area contributed by atoms with Crippen molar-refractivity contribution >= 4 is 15.9 Å². The zero-order valence-corrected chi connectivity index (χ0v) is 16.2. The monoisotopic (exact) mass is 390 g/mol. The van der Waals surface area contributed by atoms with Crippen LogP contribution in [0.2, 0.25) is 0 Å². The summed E-state index contributed by atoms with van der Waals surface area (Å²) < 4.78 is 31.9. The SMILES string of the molecule is O=C(CCc1ccco1)N1CCN(S(=O)(=O)CCCc2ccccc2)CC1. The fraction of sp³-hybridized carbons (Fsp3) is 0.450. The molecule has 6 nitrogen and oxygen atoms in total. The molecule has 0 aliphatic carbocycles. The molecule has 27 heavy (non-hydrogen) atoms. The van der Waals surface area contributed by atoms with E-state index in [1.165, 1.54) is 4.31 Å². The van der Waals surface area contributed by atoms with E-state index in [1.54, 1.807) is 17.2 Å². The van der Waals surface area contributed by atoms with E-state index < -0.39 is 10.0 Å². The van der Waals surface area contributed by atoms with Crippen molar-refractivity contribution < 1.29 is 17.6 Å². The Balaban J connectivity index is 1.41. The highest BCUT2D eigenvalue weighted by molar-refractivity contribution is 7.89. The van der Waals surface area contributed by atoms with E-state index in [1.807, 2.05) is 36.4 Å². The number of hydrogen-bond acceptors (Lipinski definition) is 4. The van der Waals surface area contributed by atoms with Crippen LogP contribution in [0.4, 0.5) is 0 Å². The molecule has 1 aliphatic heterocycles. The molecule has 3 rings (SSSR count). The van der Waals surface area contributed by atoms with Gasteiger partial charge in [-0.05, 0) is 30.5 Å². The summed E-state index contributed by atoms with van der Waals surface area (Å²) in [5.74, 6) is 0.990. The van der Waals surface area contributed by atoms with Crippen molar-refractivity contribution in [1.82, 2.24) is 9.21 Å². The van der Waals surface area contributed by atoms with Crippen molar-refractivity contribution in [2.24, 2.45) is 0 Å². The summed E-state index contributed by atoms with van der Waals surface area (Å²) >= 11 is 0. The van der Waals surface area contributed by atoms with Crippen LogP contribution in [0.1, 0.15) is 24.2 Å². The van der Waals surface area contributed by atoms with Crippen molar-refractivity contribution in [3.63, 3.8) is 0 Å². The molecule has 1 aromatic heterocycles. The van der Waals surface area contributed by atoms with E-state index in [9.17, 15) is 13.2 Å². The lowest BCUT2D eigenvalue weighted by molar-refractivity contribution is -0.132. The van der Waals surface area contributed by atoms with Crippen LogP contribution in [0.25, 0.3) is 0 Å². The summed E-state index contributed by atoms with van der Waals surface area (Å²) in [4.78, 5) is 14.0. The Morgan fingerprint density at radius 2 is 1.70 bits per heavy atom. The second kappa shape index (κ2) is 9.19. The molecule has 0 bridgehead atoms. The average Bonchev–Trinajstić information content (AvgIpc) is 3.20. The van der Waals surface area contributed by atoms with Gasteiger partial charge in [0.05, 0.1) is 12.0 Å². The minimum atomic E-state index is -3.27. The van der Waals surface area contributed by atoms with Crippen LogP contribution in [0, 0.1) is 0 Å². The Kier molecular flexibility index (Phi) is 6.68. The second-order valence-corrected chi connectivity index (χ2v) is 8.85. The Hall–Kier alpha value is -2.12. The zero-order valence-electron chi connectivity index (χ0n) is 15.4. The van der Waals surface area contributed by atoms with E-state index >= 15 is 0 Å². The number of furan rings is 1. The van der Waals surface area contributed by atoms with E-state index in [2.05, 4.69) is 0 Å². The van der Waals surface area contributed by atoms with Gasteiger partial charge in [0, 0.05) is 39.0 Å². The highest BCUT2D eigenvalue weighted by atomic mass is 32.2. The van der Waals surface area contributed by atoms with Crippen molar-refractivity contribution in [3.8, 4) is 0 Å². The average molecular weight is 391 g/mol. The molecule has 1 saturated heterocycles. The molecule has 0 radical (unpaired) electrons. The summed E-state index contributed by atoms with van der Waals surface area (Å²) in [6, 6.07) is 13.6. The number of sulfonamides is 1. The van der Waals surface area contributed by atoms with Crippen LogP contribution in [0.5, 0.6) is 0 Å². The summed E-state index contributed by atoms with van der Waals surface area (Å²) in [6.07, 6.45) is 3.92. The zero-order chi connectivity index (χ0) is 19.1. The van der Waals surface area contributed by atoms with E-state index in [0.29, 0.717) is 45.4 Å². The maximum Gasteiger partial charge on any atom is 0.223 e. The molecule has 1 fully saturated rings. The molecule has 1 aliphatic rings. The van der Waals surface area contributed by atoms with Gasteiger partial charge >= 0.3 is 0 Å². The van der Waals surface area contributed by atoms with Gasteiger partial charge in [-0.15, -0.1) is 0 Å². The quantitative estimate of drug-likeness (QED) is 0.694. The van der Waals surface area contributed by atoms with Crippen LogP contribution in [0.3, 0.4) is 0 Å². The number of amides is 1. The number of aryl methyl sites for hydroxylation is 2. The number of carbonyl (C=O) groups is 1. The lowest BCUT2D eigenvalue weighted by atomic mass is 10.1. The lowest BCUT2D eigenvalue weighted by Crippen LogP contribution is -2.51. The molecular formula is C20H26N2O4S. The third-order valence-corrected chi connectivity index (χ3v) is 6.82. The highest BCUT2D eigenvalue weighted by Gasteiger charge is 2.28. The maximum atomic E-state index is 12.5. The number of hydrogen-bond donors (Lipinski definition) is 0. The van der Waals surface area contributed by atoms with Crippen molar-refractivity contribution in [3.05, 3.63) is 60.1 Å². The number of benzene rings is 1. The van der Waals surface area contributed by atoms with Gasteiger partial charge in [-0.1, -0.05) is 30.3 Å². The molecule has 7 heteroatoms. The first-order chi connectivity index (χ1) is 13.0. The molecule has 0 atom stereocenters. The minimum Gasteiger partial charge on any atom is -0.469 e. The molecule has 2 aromatic rings. The Morgan fingerprint density at radius 1 is 0.963 bits per heavy atom. The molecule has 1 aromatic carbocycles. The van der Waals surface area contributed by atoms with Crippen molar-refractivity contribution in [1.29, 1.82) is 0 Å². The van der Waals surface area contributed by atoms with E-state index in [0.717, 1.165) is 17.7 Å². The van der Waals surface area contributed by atoms with Crippen LogP contribution in [-0.4, -0.2) is 55.5 Å². The molecule has 146 valence electrons. The number of carbonyl (C=O) groups excluding carboxylic acids is 1. The van der Waals surface area contributed by atoms with E-state index in [-0.39, 0.29) is 11.7 Å². The first-order valence-electron chi connectivity index (χ1n) is 9.36. The molecule has 0 spiro atoms. The minimum absolute atomic E-state index is 0.0486. The van der Waals surface area contributed by atoms with Gasteiger partial charge in [0.25, 0.3) is 0 Å². The van der Waals surface area contributed by atoms with Crippen LogP contribution < -0.4 is 0 Å². The smallest absolute Gasteiger partial charge is 0.223 e. The summed E-state index contributed by atoms with van der Waals surface area (Å²) in [5.41, 5.74) is 1.15. The number of piperazine rings is 1. The van der Waals surface area contributed by atoms with Gasteiger partial charge in [0.15, 0.2) is 0 Å². The van der Waals surface area contributed by atoms with Crippen LogP contribution in [-0.2, 0) is 27.7 Å². The van der Waals surface area contributed by atoms with E-state index in [4.69, 9.17) is 4.42 Å². The predicted molar refractivity (Wildman–Crippen MR) is 104 cm³/mol. The predicted octanol–water partition coefficient (Wildman–Crippen LogP) is 2.32. The van der Waals surface area contributed by atoms with Gasteiger partial charge in [-0.2, -0.15) is 4.31 Å². The number of rotatable bonds is 8. The van der Waals surface area contributed by atoms with Crippen molar-refractivity contribution in [2.45, 2.75) is 25.7 Å². The maximum absolute atomic E-state index is 12.5. The fourth-order valence-electron chi connectivity index (χ4n) is 3.29. The molecule has 2 heterocycles. The Morgan fingerprint density at radius 3 is 2.37 bits per heavy atom. The molecule has 0 N–H and O–H groups in total. The lowest BCUT2D eigenvalue weighted by Gasteiger charge is -2.34. The van der Waals surface area contributed by atoms with Gasteiger partial charge in [0.2, 0.25) is 15.9 Å². The normalized spacial score (nSPS) is 15.8. The highest BCUT2D eigenvalue weighted by Crippen LogP contribution is 2.13. The fourth-order valence-corrected chi connectivity index (χ4v) is 4.78. The third-order valence-electron chi connectivity index (χ3n) is 4.86. The summed E-state index contributed by atoms with van der Waals surface area (Å²) in [5, 5.41) is 0. The largest absolute Gasteiger partial charge is 0.469 e. The summed E-state index contributed by atoms with van der Waals surface area (Å²) in [6.45, 7) is 1.66. The number of nitrogens with zero attached hydrogens (tertiary/aromatic N) is 2. The molecule has 0 unspecified atom stereocenters. The van der Waals surface area contributed by atoms with Crippen LogP contribution in [0.15, 0.2) is 53.1 Å². The molecule has 1 amide bonds. The summed E-state index contributed by atoms with van der Waals surface area (Å²) in [7, 11) is -3.27. The third kappa shape index (κ3) is 5.68. The Labute approximate surface area is 160 Å². The first-order valence-corrected chi connectivity index (χ1v) is 11.0. The van der Waals surface area contributed by atoms with Gasteiger partial charge in [-0.25, -0.2) is 8.42 Å². The Bertz CT molecular complexity index is 811. The van der Waals surface area contributed by atoms with Crippen LogP contribution >= 0.6 is 0 Å². The topological polar surface area (TPSA) is 70.8 Å². The van der Waals surface area contributed by atoms with Gasteiger partial charge < -0.3 is 9.32 Å². The first kappa shape index (κ1) is 19.6.